The number of fused-ring (bicyclic) bond motifs is 1. The normalized spacial score (nSPS) is 13.4. The van der Waals surface area contributed by atoms with Crippen molar-refractivity contribution in [1.29, 1.82) is 5.26 Å². The van der Waals surface area contributed by atoms with Crippen molar-refractivity contribution in [3.05, 3.63) is 95.2 Å². The summed E-state index contributed by atoms with van der Waals surface area (Å²) in [6.07, 6.45) is 2.37. The van der Waals surface area contributed by atoms with E-state index in [9.17, 15) is 14.9 Å². The van der Waals surface area contributed by atoms with Crippen LogP contribution in [-0.4, -0.2) is 54.5 Å². The fourth-order valence-electron chi connectivity index (χ4n) is 4.43. The Morgan fingerprint density at radius 3 is 2.56 bits per heavy atom. The van der Waals surface area contributed by atoms with Gasteiger partial charge in [-0.1, -0.05) is 30.3 Å². The highest BCUT2D eigenvalue weighted by atomic mass is 16.5. The Morgan fingerprint density at radius 2 is 1.78 bits per heavy atom. The summed E-state index contributed by atoms with van der Waals surface area (Å²) in [5.41, 5.74) is 5.69. The predicted molar refractivity (Wildman–Crippen MR) is 138 cm³/mol. The van der Waals surface area contributed by atoms with E-state index in [1.807, 2.05) is 59.5 Å². The summed E-state index contributed by atoms with van der Waals surface area (Å²) in [5, 5.41) is 13.1. The van der Waals surface area contributed by atoms with Gasteiger partial charge in [0.1, 0.15) is 6.07 Å². The molecular formula is C29H26N4O3. The minimum atomic E-state index is -0.141. The minimum Gasteiger partial charge on any atom is -0.378 e. The molecular weight excluding hydrogens is 452 g/mol. The molecule has 180 valence electrons. The van der Waals surface area contributed by atoms with Crippen LogP contribution in [0.5, 0.6) is 0 Å². The number of amides is 2. The third kappa shape index (κ3) is 4.99. The maximum atomic E-state index is 12.8. The second-order valence-corrected chi connectivity index (χ2v) is 8.76. The van der Waals surface area contributed by atoms with Gasteiger partial charge in [-0.25, -0.2) is 0 Å². The first kappa shape index (κ1) is 23.3. The van der Waals surface area contributed by atoms with Crippen LogP contribution in [-0.2, 0) is 11.2 Å². The number of rotatable bonds is 6. The number of nitrogens with zero attached hydrogens (tertiary/aromatic N) is 2. The zero-order chi connectivity index (χ0) is 24.9. The third-order valence-electron chi connectivity index (χ3n) is 6.45. The van der Waals surface area contributed by atoms with E-state index in [2.05, 4.69) is 16.4 Å². The number of carbonyl (C=O) groups is 2. The van der Waals surface area contributed by atoms with Crippen molar-refractivity contribution in [2.24, 2.45) is 0 Å². The lowest BCUT2D eigenvalue weighted by Crippen LogP contribution is -2.40. The third-order valence-corrected chi connectivity index (χ3v) is 6.45. The van der Waals surface area contributed by atoms with Gasteiger partial charge in [-0.3, -0.25) is 9.59 Å². The van der Waals surface area contributed by atoms with Crippen LogP contribution in [0.1, 0.15) is 31.8 Å². The van der Waals surface area contributed by atoms with Crippen LogP contribution in [0.3, 0.4) is 0 Å². The van der Waals surface area contributed by atoms with E-state index >= 15 is 0 Å². The molecule has 0 spiro atoms. The summed E-state index contributed by atoms with van der Waals surface area (Å²) in [4.78, 5) is 30.4. The first-order valence-electron chi connectivity index (χ1n) is 12.0. The average molecular weight is 479 g/mol. The SMILES string of the molecule is N#Cc1c[nH]c2ccc(CCNC(=O)c3ccc(-c4cccc(C(=O)N5CCOCC5)c4)cc3)cc12. The van der Waals surface area contributed by atoms with E-state index in [1.165, 1.54) is 0 Å². The monoisotopic (exact) mass is 478 g/mol. The molecule has 36 heavy (non-hydrogen) atoms. The summed E-state index contributed by atoms with van der Waals surface area (Å²) < 4.78 is 5.34. The van der Waals surface area contributed by atoms with E-state index in [0.29, 0.717) is 56.0 Å². The fraction of sp³-hybridized carbons (Fsp3) is 0.207. The van der Waals surface area contributed by atoms with Gasteiger partial charge >= 0.3 is 0 Å². The van der Waals surface area contributed by atoms with Gasteiger partial charge in [-0.2, -0.15) is 5.26 Å². The Kier molecular flexibility index (Phi) is 6.78. The number of H-pyrrole nitrogens is 1. The molecule has 3 aromatic carbocycles. The molecule has 2 N–H and O–H groups in total. The van der Waals surface area contributed by atoms with Crippen molar-refractivity contribution < 1.29 is 14.3 Å². The van der Waals surface area contributed by atoms with Crippen LogP contribution >= 0.6 is 0 Å². The van der Waals surface area contributed by atoms with E-state index < -0.39 is 0 Å². The van der Waals surface area contributed by atoms with Crippen LogP contribution in [0.4, 0.5) is 0 Å². The first-order valence-corrected chi connectivity index (χ1v) is 12.0. The van der Waals surface area contributed by atoms with Crippen LogP contribution in [0.2, 0.25) is 0 Å². The molecule has 1 saturated heterocycles. The molecule has 0 bridgehead atoms. The summed E-state index contributed by atoms with van der Waals surface area (Å²) in [6, 6.07) is 23.1. The molecule has 0 aliphatic carbocycles. The number of nitrogens with one attached hydrogen (secondary N) is 2. The van der Waals surface area contributed by atoms with Crippen molar-refractivity contribution in [1.82, 2.24) is 15.2 Å². The van der Waals surface area contributed by atoms with Gasteiger partial charge in [0.15, 0.2) is 0 Å². The Hall–Kier alpha value is -4.41. The second-order valence-electron chi connectivity index (χ2n) is 8.76. The van der Waals surface area contributed by atoms with Crippen LogP contribution in [0, 0.1) is 11.3 Å². The van der Waals surface area contributed by atoms with E-state index in [0.717, 1.165) is 27.6 Å². The smallest absolute Gasteiger partial charge is 0.254 e. The number of aromatic nitrogens is 1. The Labute approximate surface area is 209 Å². The molecule has 0 radical (unpaired) electrons. The molecule has 0 unspecified atom stereocenters. The first-order chi connectivity index (χ1) is 17.6. The van der Waals surface area contributed by atoms with Gasteiger partial charge in [0.05, 0.1) is 18.8 Å². The number of hydrogen-bond acceptors (Lipinski definition) is 4. The number of aromatic amines is 1. The molecule has 1 aromatic heterocycles. The lowest BCUT2D eigenvalue weighted by molar-refractivity contribution is 0.0303. The number of benzene rings is 3. The summed E-state index contributed by atoms with van der Waals surface area (Å²) in [6.45, 7) is 2.84. The van der Waals surface area contributed by atoms with Gasteiger partial charge in [0.2, 0.25) is 0 Å². The van der Waals surface area contributed by atoms with Gasteiger partial charge < -0.3 is 19.9 Å². The summed E-state index contributed by atoms with van der Waals surface area (Å²) in [5.74, 6) is -0.131. The van der Waals surface area contributed by atoms with Gasteiger partial charge in [0.25, 0.3) is 11.8 Å². The Balaban J connectivity index is 1.20. The number of morpholine rings is 1. The molecule has 2 amide bonds. The van der Waals surface area contributed by atoms with Gasteiger partial charge in [-0.15, -0.1) is 0 Å². The lowest BCUT2D eigenvalue weighted by Gasteiger charge is -2.27. The molecule has 7 nitrogen and oxygen atoms in total. The molecule has 0 atom stereocenters. The molecule has 4 aromatic rings. The Bertz CT molecular complexity index is 1440. The zero-order valence-electron chi connectivity index (χ0n) is 19.8. The van der Waals surface area contributed by atoms with Crippen molar-refractivity contribution in [2.45, 2.75) is 6.42 Å². The van der Waals surface area contributed by atoms with Crippen molar-refractivity contribution in [3.8, 4) is 17.2 Å². The summed E-state index contributed by atoms with van der Waals surface area (Å²) in [7, 11) is 0. The van der Waals surface area contributed by atoms with Crippen molar-refractivity contribution in [3.63, 3.8) is 0 Å². The highest BCUT2D eigenvalue weighted by Crippen LogP contribution is 2.22. The number of nitriles is 1. The fourth-order valence-corrected chi connectivity index (χ4v) is 4.43. The maximum absolute atomic E-state index is 12.8. The molecule has 5 rings (SSSR count). The van der Waals surface area contributed by atoms with Crippen LogP contribution in [0.25, 0.3) is 22.0 Å². The van der Waals surface area contributed by atoms with E-state index in [4.69, 9.17) is 4.74 Å². The quantitative estimate of drug-likeness (QED) is 0.435. The predicted octanol–water partition coefficient (Wildman–Crippen LogP) is 4.15. The number of ether oxygens (including phenoxy) is 1. The standard InChI is InChI=1S/C29H26N4O3/c30-18-25-19-32-27-9-4-20(16-26(25)27)10-11-31-28(34)22-7-5-21(6-8-22)23-2-1-3-24(17-23)29(35)33-12-14-36-15-13-33/h1-9,16-17,19,32H,10-15H2,(H,31,34). The number of hydrogen-bond donors (Lipinski definition) is 2. The highest BCUT2D eigenvalue weighted by Gasteiger charge is 2.18. The Morgan fingerprint density at radius 1 is 0.972 bits per heavy atom. The highest BCUT2D eigenvalue weighted by molar-refractivity contribution is 5.96. The maximum Gasteiger partial charge on any atom is 0.254 e. The molecule has 7 heteroatoms. The summed E-state index contributed by atoms with van der Waals surface area (Å²) >= 11 is 0. The largest absolute Gasteiger partial charge is 0.378 e. The second kappa shape index (κ2) is 10.5. The minimum absolute atomic E-state index is 0.00986. The van der Waals surface area contributed by atoms with Crippen molar-refractivity contribution in [2.75, 3.05) is 32.8 Å². The lowest BCUT2D eigenvalue weighted by atomic mass is 10.0. The van der Waals surface area contributed by atoms with E-state index in [1.54, 1.807) is 18.3 Å². The van der Waals surface area contributed by atoms with E-state index in [-0.39, 0.29) is 11.8 Å². The molecule has 1 aliphatic heterocycles. The molecule has 1 fully saturated rings. The average Bonchev–Trinajstić information content (AvgIpc) is 3.35. The molecule has 1 aliphatic rings. The number of carbonyl (C=O) groups excluding carboxylic acids is 2. The van der Waals surface area contributed by atoms with Gasteiger partial charge in [0, 0.05) is 47.9 Å². The molecule has 2 heterocycles. The zero-order valence-corrected chi connectivity index (χ0v) is 19.8. The molecule has 0 saturated carbocycles. The van der Waals surface area contributed by atoms with Crippen LogP contribution < -0.4 is 5.32 Å². The van der Waals surface area contributed by atoms with Gasteiger partial charge in [-0.05, 0) is 59.5 Å². The van der Waals surface area contributed by atoms with Crippen LogP contribution in [0.15, 0.2) is 72.9 Å². The van der Waals surface area contributed by atoms with Crippen molar-refractivity contribution >= 4 is 22.7 Å². The topological polar surface area (TPSA) is 98.2 Å².